The van der Waals surface area contributed by atoms with Crippen LogP contribution in [0.4, 0.5) is 4.39 Å². The number of hydrogen-bond acceptors (Lipinski definition) is 4. The van der Waals surface area contributed by atoms with Crippen LogP contribution in [0.3, 0.4) is 0 Å². The van der Waals surface area contributed by atoms with Gasteiger partial charge in [-0.25, -0.2) is 4.39 Å². The summed E-state index contributed by atoms with van der Waals surface area (Å²) in [4.78, 5) is 14.9. The Morgan fingerprint density at radius 2 is 1.65 bits per heavy atom. The van der Waals surface area contributed by atoms with Gasteiger partial charge in [-0.05, 0) is 62.3 Å². The fourth-order valence-corrected chi connectivity index (χ4v) is 4.36. The summed E-state index contributed by atoms with van der Waals surface area (Å²) >= 11 is 0. The lowest BCUT2D eigenvalue weighted by atomic mass is 9.80. The van der Waals surface area contributed by atoms with E-state index < -0.39 is 17.5 Å². The summed E-state index contributed by atoms with van der Waals surface area (Å²) in [6.07, 6.45) is 0.531. The van der Waals surface area contributed by atoms with Crippen LogP contribution in [0.1, 0.15) is 58.1 Å². The molecule has 0 bridgehead atoms. The Bertz CT molecular complexity index is 1120. The Kier molecular flexibility index (Phi) is 13.0. The van der Waals surface area contributed by atoms with Crippen LogP contribution in [-0.2, 0) is 10.4 Å². The van der Waals surface area contributed by atoms with Crippen LogP contribution in [-0.4, -0.2) is 36.6 Å². The van der Waals surface area contributed by atoms with Gasteiger partial charge >= 0.3 is 5.97 Å². The fraction of sp³-hybridized carbons (Fsp3) is 0.387. The zero-order valence-corrected chi connectivity index (χ0v) is 23.8. The minimum atomic E-state index is -1.05. The largest absolute Gasteiger partial charge is 0.426 e. The number of hydrogen-bond donors (Lipinski definition) is 1. The predicted octanol–water partition coefficient (Wildman–Crippen LogP) is 7.45. The van der Waals surface area contributed by atoms with E-state index in [1.807, 2.05) is 83.1 Å². The van der Waals surface area contributed by atoms with Gasteiger partial charge in [0.05, 0.1) is 11.5 Å². The van der Waals surface area contributed by atoms with Gasteiger partial charge in [0.2, 0.25) is 0 Å². The summed E-state index contributed by atoms with van der Waals surface area (Å²) in [5, 5.41) is 11.4. The minimum absolute atomic E-state index is 0. The smallest absolute Gasteiger partial charge is 0.318 e. The van der Waals surface area contributed by atoms with E-state index in [1.165, 1.54) is 6.07 Å². The number of rotatable bonds is 9. The van der Waals surface area contributed by atoms with E-state index in [0.717, 1.165) is 12.1 Å². The molecule has 3 aromatic rings. The summed E-state index contributed by atoms with van der Waals surface area (Å²) in [6.45, 7) is 10.4. The van der Waals surface area contributed by atoms with Gasteiger partial charge in [0.25, 0.3) is 0 Å². The zero-order chi connectivity index (χ0) is 26.9. The van der Waals surface area contributed by atoms with E-state index in [1.54, 1.807) is 37.3 Å². The number of carbonyl (C=O) groups is 1. The van der Waals surface area contributed by atoms with Gasteiger partial charge < -0.3 is 14.7 Å². The van der Waals surface area contributed by atoms with Gasteiger partial charge in [-0.15, -0.1) is 12.4 Å². The average molecular weight is 530 g/mol. The normalized spacial score (nSPS) is 13.9. The molecule has 3 rings (SSSR count). The van der Waals surface area contributed by atoms with E-state index in [4.69, 9.17) is 4.74 Å². The molecule has 0 fully saturated rings. The maximum Gasteiger partial charge on any atom is 0.318 e. The number of benzene rings is 3. The Hall–Kier alpha value is -2.73. The summed E-state index contributed by atoms with van der Waals surface area (Å²) in [5.41, 5.74) is 1.48. The molecule has 6 heteroatoms. The molecule has 37 heavy (non-hydrogen) atoms. The molecule has 1 unspecified atom stereocenters. The van der Waals surface area contributed by atoms with Gasteiger partial charge in [-0.2, -0.15) is 0 Å². The molecule has 0 amide bonds. The maximum atomic E-state index is 14.8. The Labute approximate surface area is 227 Å². The van der Waals surface area contributed by atoms with Gasteiger partial charge in [-0.3, -0.25) is 4.79 Å². The Morgan fingerprint density at radius 3 is 2.22 bits per heavy atom. The second kappa shape index (κ2) is 14.9. The van der Waals surface area contributed by atoms with E-state index in [0.29, 0.717) is 28.9 Å². The Balaban J connectivity index is 0.00000223. The van der Waals surface area contributed by atoms with Crippen LogP contribution in [0.5, 0.6) is 5.75 Å². The fourth-order valence-electron chi connectivity index (χ4n) is 4.36. The predicted molar refractivity (Wildman–Crippen MR) is 153 cm³/mol. The quantitative estimate of drug-likeness (QED) is 0.231. The van der Waals surface area contributed by atoms with Gasteiger partial charge in [0.15, 0.2) is 0 Å². The Morgan fingerprint density at radius 1 is 1.00 bits per heavy atom. The van der Waals surface area contributed by atoms with Gasteiger partial charge in [0, 0.05) is 18.0 Å². The number of ether oxygens (including phenoxy) is 1. The van der Waals surface area contributed by atoms with Crippen molar-refractivity contribution in [1.82, 2.24) is 4.90 Å². The number of carbonyl (C=O) groups excluding carboxylic acids is 1. The highest BCUT2D eigenvalue weighted by atomic mass is 35.5. The van der Waals surface area contributed by atoms with Crippen LogP contribution in [0, 0.1) is 11.7 Å². The number of aliphatic hydroxyl groups is 1. The molecule has 0 aliphatic heterocycles. The lowest BCUT2D eigenvalue weighted by Crippen LogP contribution is -2.38. The molecule has 0 heterocycles. The van der Waals surface area contributed by atoms with Crippen molar-refractivity contribution in [2.75, 3.05) is 20.6 Å². The van der Waals surface area contributed by atoms with Crippen molar-refractivity contribution >= 4 is 18.4 Å². The third-order valence-corrected chi connectivity index (χ3v) is 6.48. The van der Waals surface area contributed by atoms with Gasteiger partial charge in [-0.1, -0.05) is 82.3 Å². The third-order valence-electron chi connectivity index (χ3n) is 6.48. The molecule has 0 saturated carbocycles. The molecule has 1 N–H and O–H groups in total. The minimum Gasteiger partial charge on any atom is -0.426 e. The van der Waals surface area contributed by atoms with Crippen LogP contribution in [0.25, 0.3) is 11.1 Å². The molecule has 0 aromatic heterocycles. The standard InChI is InChI=1S/C29H34FNO3.C2H6.ClH/c1-6-29(33,20(2)19-31(4)5)24-13-10-14-25(18-24)34-28(32)21(3)23-15-16-26(27(30)17-23)22-11-8-7-9-12-22;1-2;/h7-18,20-21,33H,6,19H2,1-5H3;1-2H3;1H/t20-,21?,29-;;/m1../s1. The highest BCUT2D eigenvalue weighted by Crippen LogP contribution is 2.35. The topological polar surface area (TPSA) is 49.8 Å². The summed E-state index contributed by atoms with van der Waals surface area (Å²) < 4.78 is 20.4. The molecule has 202 valence electrons. The highest BCUT2D eigenvalue weighted by Gasteiger charge is 2.34. The van der Waals surface area contributed by atoms with E-state index in [2.05, 4.69) is 0 Å². The molecule has 0 radical (unpaired) electrons. The number of halogens is 2. The third kappa shape index (κ3) is 8.13. The first-order valence-corrected chi connectivity index (χ1v) is 12.7. The summed E-state index contributed by atoms with van der Waals surface area (Å²) in [5.74, 6) is -1.18. The molecule has 0 spiro atoms. The van der Waals surface area contributed by atoms with E-state index in [-0.39, 0.29) is 24.1 Å². The molecule has 4 nitrogen and oxygen atoms in total. The highest BCUT2D eigenvalue weighted by molar-refractivity contribution is 5.85. The SMILES string of the molecule is CC.CC[C@](O)(c1cccc(OC(=O)C(C)c2ccc(-c3ccccc3)c(F)c2)c1)[C@H](C)CN(C)C.Cl. The monoisotopic (exact) mass is 529 g/mol. The molecule has 3 atom stereocenters. The molecular formula is C31H41ClFNO3. The lowest BCUT2D eigenvalue weighted by Gasteiger charge is -2.35. The second-order valence-electron chi connectivity index (χ2n) is 9.22. The first kappa shape index (κ1) is 32.3. The van der Waals surface area contributed by atoms with Crippen molar-refractivity contribution in [3.63, 3.8) is 0 Å². The summed E-state index contributed by atoms with van der Waals surface area (Å²) in [6, 6.07) is 21.2. The number of esters is 1. The molecule has 3 aromatic carbocycles. The van der Waals surface area contributed by atoms with Crippen molar-refractivity contribution < 1.29 is 19.0 Å². The molecule has 0 aliphatic carbocycles. The average Bonchev–Trinajstić information content (AvgIpc) is 2.89. The lowest BCUT2D eigenvalue weighted by molar-refractivity contribution is -0.135. The van der Waals surface area contributed by atoms with Crippen molar-refractivity contribution in [3.8, 4) is 16.9 Å². The molecular weight excluding hydrogens is 489 g/mol. The zero-order valence-electron chi connectivity index (χ0n) is 23.0. The van der Waals surface area contributed by atoms with Crippen molar-refractivity contribution in [2.45, 2.75) is 52.6 Å². The first-order valence-electron chi connectivity index (χ1n) is 12.7. The summed E-state index contributed by atoms with van der Waals surface area (Å²) in [7, 11) is 3.95. The second-order valence-corrected chi connectivity index (χ2v) is 9.22. The van der Waals surface area contributed by atoms with Crippen LogP contribution in [0.15, 0.2) is 72.8 Å². The van der Waals surface area contributed by atoms with Crippen LogP contribution >= 0.6 is 12.4 Å². The van der Waals surface area contributed by atoms with Crippen molar-refractivity contribution in [1.29, 1.82) is 0 Å². The van der Waals surface area contributed by atoms with E-state index in [9.17, 15) is 14.3 Å². The van der Waals surface area contributed by atoms with Crippen LogP contribution in [0.2, 0.25) is 0 Å². The molecule has 0 saturated heterocycles. The van der Waals surface area contributed by atoms with Gasteiger partial charge in [0.1, 0.15) is 11.6 Å². The first-order chi connectivity index (χ1) is 17.2. The van der Waals surface area contributed by atoms with Crippen molar-refractivity contribution in [3.05, 3.63) is 89.7 Å². The van der Waals surface area contributed by atoms with Crippen LogP contribution < -0.4 is 4.74 Å². The maximum absolute atomic E-state index is 14.8. The number of nitrogens with zero attached hydrogens (tertiary/aromatic N) is 1. The molecule has 0 aliphatic rings. The van der Waals surface area contributed by atoms with Crippen molar-refractivity contribution in [2.24, 2.45) is 5.92 Å². The van der Waals surface area contributed by atoms with E-state index >= 15 is 0 Å².